The van der Waals surface area contributed by atoms with E-state index < -0.39 is 5.97 Å². The number of hydrogen-bond acceptors (Lipinski definition) is 5. The molecule has 1 saturated carbocycles. The summed E-state index contributed by atoms with van der Waals surface area (Å²) in [4.78, 5) is 28.4. The Kier molecular flexibility index (Phi) is 8.96. The van der Waals surface area contributed by atoms with Crippen molar-refractivity contribution in [2.24, 2.45) is 5.92 Å². The summed E-state index contributed by atoms with van der Waals surface area (Å²) in [5, 5.41) is 14.4. The van der Waals surface area contributed by atoms with E-state index in [2.05, 4.69) is 23.7 Å². The Balaban J connectivity index is 1.74. The van der Waals surface area contributed by atoms with Gasteiger partial charge in [-0.05, 0) is 54.5 Å². The molecule has 5 rings (SSSR count). The number of morpholine rings is 1. The number of ether oxygens (including phenoxy) is 1. The quantitative estimate of drug-likeness (QED) is 0.312. The monoisotopic (exact) mass is 571 g/mol. The van der Waals surface area contributed by atoms with E-state index in [4.69, 9.17) is 16.3 Å². The van der Waals surface area contributed by atoms with Crippen LogP contribution in [0.4, 0.5) is 0 Å². The van der Waals surface area contributed by atoms with Gasteiger partial charge in [0, 0.05) is 30.2 Å². The lowest BCUT2D eigenvalue weighted by atomic mass is 9.83. The van der Waals surface area contributed by atoms with Gasteiger partial charge >= 0.3 is 5.97 Å². The fourth-order valence-electron chi connectivity index (χ4n) is 6.01. The van der Waals surface area contributed by atoms with E-state index in [0.29, 0.717) is 54.6 Å². The smallest absolute Gasteiger partial charge is 0.346 e. The molecule has 2 N–H and O–H groups in total. The summed E-state index contributed by atoms with van der Waals surface area (Å²) in [7, 11) is 0. The zero-order valence-electron chi connectivity index (χ0n) is 22.8. The van der Waals surface area contributed by atoms with E-state index in [1.807, 2.05) is 29.2 Å². The molecule has 0 unspecified atom stereocenters. The van der Waals surface area contributed by atoms with E-state index in [9.17, 15) is 14.7 Å². The normalized spacial score (nSPS) is 16.9. The van der Waals surface area contributed by atoms with E-state index in [1.54, 1.807) is 0 Å². The van der Waals surface area contributed by atoms with Gasteiger partial charge in [0.25, 0.3) is 0 Å². The fourth-order valence-corrected chi connectivity index (χ4v) is 7.42. The molecular weight excluding hydrogens is 534 g/mol. The molecule has 7 nitrogen and oxygen atoms in total. The standard InChI is InChI=1S/C30H38ClN3O4S/c1-19(2)16-32-17-23-27-29(39-28(23)30(36)37)25(20-6-4-3-5-7-20)26(21-8-10-22(31)11-9-21)34(27)18-24(35)33-12-14-38-15-13-33/h8-11,19-20,32H,3-7,12-18H2,1-2H3,(H,36,37). The second kappa shape index (κ2) is 12.4. The van der Waals surface area contributed by atoms with E-state index in [1.165, 1.54) is 23.3 Å². The van der Waals surface area contributed by atoms with E-state index in [-0.39, 0.29) is 12.5 Å². The van der Waals surface area contributed by atoms with Gasteiger partial charge in [0.05, 0.1) is 29.1 Å². The summed E-state index contributed by atoms with van der Waals surface area (Å²) in [5.74, 6) is -0.121. The Bertz CT molecular complexity index is 1320. The van der Waals surface area contributed by atoms with Crippen LogP contribution in [-0.4, -0.2) is 59.3 Å². The van der Waals surface area contributed by atoms with Gasteiger partial charge in [-0.1, -0.05) is 56.8 Å². The van der Waals surface area contributed by atoms with Crippen molar-refractivity contribution in [3.8, 4) is 11.3 Å². The van der Waals surface area contributed by atoms with Crippen LogP contribution in [0.2, 0.25) is 5.02 Å². The van der Waals surface area contributed by atoms with Crippen LogP contribution in [0.15, 0.2) is 24.3 Å². The molecule has 210 valence electrons. The molecule has 3 heterocycles. The first-order valence-electron chi connectivity index (χ1n) is 14.1. The summed E-state index contributed by atoms with van der Waals surface area (Å²) in [5.41, 5.74) is 4.90. The number of aromatic carboxylic acids is 1. The number of rotatable bonds is 9. The second-order valence-corrected chi connectivity index (χ2v) is 12.6. The zero-order chi connectivity index (χ0) is 27.5. The van der Waals surface area contributed by atoms with Gasteiger partial charge in [0.1, 0.15) is 11.4 Å². The fraction of sp³-hybridized carbons (Fsp3) is 0.533. The molecule has 1 saturated heterocycles. The number of aromatic nitrogens is 1. The van der Waals surface area contributed by atoms with Crippen LogP contribution in [0.5, 0.6) is 0 Å². The number of halogens is 1. The SMILES string of the molecule is CC(C)CNCc1c(C(=O)O)sc2c(C3CCCCC3)c(-c3ccc(Cl)cc3)n(CC(=O)N3CCOCC3)c12. The van der Waals surface area contributed by atoms with Crippen molar-refractivity contribution in [2.75, 3.05) is 32.8 Å². The van der Waals surface area contributed by atoms with Crippen molar-refractivity contribution in [3.63, 3.8) is 0 Å². The van der Waals surface area contributed by atoms with E-state index >= 15 is 0 Å². The molecule has 1 aromatic carbocycles. The predicted octanol–water partition coefficient (Wildman–Crippen LogP) is 6.37. The van der Waals surface area contributed by atoms with Crippen molar-refractivity contribution >= 4 is 45.0 Å². The Morgan fingerprint density at radius 1 is 1.13 bits per heavy atom. The first-order valence-corrected chi connectivity index (χ1v) is 15.3. The Labute approximate surface area is 239 Å². The Hall–Kier alpha value is -2.39. The summed E-state index contributed by atoms with van der Waals surface area (Å²) in [6.07, 6.45) is 5.67. The minimum atomic E-state index is -0.911. The Morgan fingerprint density at radius 3 is 2.46 bits per heavy atom. The van der Waals surface area contributed by atoms with Gasteiger partial charge in [-0.25, -0.2) is 4.79 Å². The summed E-state index contributed by atoms with van der Waals surface area (Å²) in [6.45, 7) is 7.88. The van der Waals surface area contributed by atoms with Crippen LogP contribution in [0, 0.1) is 5.92 Å². The van der Waals surface area contributed by atoms with Crippen molar-refractivity contribution in [3.05, 3.63) is 45.3 Å². The van der Waals surface area contributed by atoms with Crippen molar-refractivity contribution < 1.29 is 19.4 Å². The lowest BCUT2D eigenvalue weighted by Crippen LogP contribution is -2.42. The zero-order valence-corrected chi connectivity index (χ0v) is 24.4. The topological polar surface area (TPSA) is 83.8 Å². The molecule has 2 aliphatic rings. The number of carboxylic acids is 1. The first-order chi connectivity index (χ1) is 18.8. The average Bonchev–Trinajstić information content (AvgIpc) is 3.45. The summed E-state index contributed by atoms with van der Waals surface area (Å²) < 4.78 is 8.62. The molecule has 0 bridgehead atoms. The largest absolute Gasteiger partial charge is 0.477 e. The highest BCUT2D eigenvalue weighted by molar-refractivity contribution is 7.21. The molecule has 1 aliphatic heterocycles. The van der Waals surface area contributed by atoms with Gasteiger partial charge < -0.3 is 24.6 Å². The van der Waals surface area contributed by atoms with Crippen molar-refractivity contribution in [2.45, 2.75) is 65.0 Å². The maximum Gasteiger partial charge on any atom is 0.346 e. The Morgan fingerprint density at radius 2 is 1.82 bits per heavy atom. The molecule has 0 spiro atoms. The molecule has 39 heavy (non-hydrogen) atoms. The van der Waals surface area contributed by atoms with Crippen LogP contribution in [-0.2, 0) is 22.6 Å². The molecule has 1 amide bonds. The number of nitrogens with one attached hydrogen (secondary N) is 1. The maximum absolute atomic E-state index is 13.7. The molecule has 1 aliphatic carbocycles. The van der Waals surface area contributed by atoms with Crippen LogP contribution in [0.3, 0.4) is 0 Å². The molecule has 2 aromatic heterocycles. The maximum atomic E-state index is 13.7. The number of hydrogen-bond donors (Lipinski definition) is 2. The lowest BCUT2D eigenvalue weighted by molar-refractivity contribution is -0.135. The molecule has 0 radical (unpaired) electrons. The third-order valence-electron chi connectivity index (χ3n) is 7.86. The number of amides is 1. The number of nitrogens with zero attached hydrogens (tertiary/aromatic N) is 2. The molecule has 0 atom stereocenters. The predicted molar refractivity (Wildman–Crippen MR) is 157 cm³/mol. The summed E-state index contributed by atoms with van der Waals surface area (Å²) in [6, 6.07) is 7.84. The number of fused-ring (bicyclic) bond motifs is 1. The molecule has 9 heteroatoms. The number of carbonyl (C=O) groups is 2. The average molecular weight is 572 g/mol. The van der Waals surface area contributed by atoms with Crippen molar-refractivity contribution in [1.82, 2.24) is 14.8 Å². The first kappa shape index (κ1) is 28.1. The molecule has 3 aromatic rings. The number of carboxylic acid groups (broad SMARTS) is 1. The van der Waals surface area contributed by atoms with Gasteiger partial charge in [0.2, 0.25) is 5.91 Å². The minimum Gasteiger partial charge on any atom is -0.477 e. The van der Waals surface area contributed by atoms with Crippen LogP contribution in [0.1, 0.15) is 72.7 Å². The van der Waals surface area contributed by atoms with Gasteiger partial charge in [-0.3, -0.25) is 4.79 Å². The highest BCUT2D eigenvalue weighted by atomic mass is 35.5. The van der Waals surface area contributed by atoms with Gasteiger partial charge in [0.15, 0.2) is 0 Å². The molecule has 2 fully saturated rings. The van der Waals surface area contributed by atoms with Crippen LogP contribution < -0.4 is 5.32 Å². The van der Waals surface area contributed by atoms with Crippen LogP contribution in [0.25, 0.3) is 21.5 Å². The number of carbonyl (C=O) groups excluding carboxylic acids is 1. The third kappa shape index (κ3) is 6.04. The number of thiophene rings is 1. The minimum absolute atomic E-state index is 0.0322. The van der Waals surface area contributed by atoms with Gasteiger partial charge in [-0.2, -0.15) is 0 Å². The third-order valence-corrected chi connectivity index (χ3v) is 9.35. The lowest BCUT2D eigenvalue weighted by Gasteiger charge is -2.28. The number of benzene rings is 1. The van der Waals surface area contributed by atoms with Crippen molar-refractivity contribution in [1.29, 1.82) is 0 Å². The summed E-state index contributed by atoms with van der Waals surface area (Å²) >= 11 is 7.66. The highest BCUT2D eigenvalue weighted by Gasteiger charge is 2.33. The van der Waals surface area contributed by atoms with Crippen LogP contribution >= 0.6 is 22.9 Å². The molecular formula is C30H38ClN3O4S. The van der Waals surface area contributed by atoms with E-state index in [0.717, 1.165) is 59.3 Å². The highest BCUT2D eigenvalue weighted by Crippen LogP contribution is 2.48. The van der Waals surface area contributed by atoms with Gasteiger partial charge in [-0.15, -0.1) is 11.3 Å². The second-order valence-electron chi connectivity index (χ2n) is 11.1.